The van der Waals surface area contributed by atoms with Crippen LogP contribution in [0.25, 0.3) is 0 Å². The van der Waals surface area contributed by atoms with Crippen LogP contribution in [0.5, 0.6) is 5.75 Å². The average molecular weight is 264 g/mol. The van der Waals surface area contributed by atoms with Gasteiger partial charge in [-0.25, -0.2) is 0 Å². The summed E-state index contributed by atoms with van der Waals surface area (Å²) < 4.78 is 5.32. The van der Waals surface area contributed by atoms with Gasteiger partial charge in [-0.3, -0.25) is 4.79 Å². The lowest BCUT2D eigenvalue weighted by atomic mass is 10.0. The monoisotopic (exact) mass is 264 g/mol. The molecule has 1 aromatic rings. The van der Waals surface area contributed by atoms with Crippen molar-refractivity contribution >= 4 is 5.91 Å². The number of methoxy groups -OCH3 is 1. The molecule has 0 aromatic heterocycles. The number of nitrogens with zero attached hydrogens (tertiary/aromatic N) is 1. The van der Waals surface area contributed by atoms with E-state index in [-0.39, 0.29) is 11.8 Å². The average Bonchev–Trinajstić information content (AvgIpc) is 2.37. The molecule has 0 aliphatic heterocycles. The summed E-state index contributed by atoms with van der Waals surface area (Å²) in [5, 5.41) is 0. The maximum atomic E-state index is 12.1. The van der Waals surface area contributed by atoms with Crippen LogP contribution in [0.3, 0.4) is 0 Å². The van der Waals surface area contributed by atoms with E-state index in [2.05, 4.69) is 0 Å². The second-order valence-electron chi connectivity index (χ2n) is 5.28. The maximum Gasteiger partial charge on any atom is 0.239 e. The van der Waals surface area contributed by atoms with Crippen molar-refractivity contribution in [2.45, 2.75) is 33.4 Å². The molecule has 106 valence electrons. The van der Waals surface area contributed by atoms with Gasteiger partial charge in [0.1, 0.15) is 5.75 Å². The van der Waals surface area contributed by atoms with E-state index in [0.29, 0.717) is 6.54 Å². The Kier molecular flexibility index (Phi) is 5.36. The van der Waals surface area contributed by atoms with Gasteiger partial charge in [0.2, 0.25) is 5.91 Å². The van der Waals surface area contributed by atoms with Crippen LogP contribution in [0.2, 0.25) is 0 Å². The molecule has 0 fully saturated rings. The molecular weight excluding hydrogens is 240 g/mol. The Hall–Kier alpha value is -1.55. The van der Waals surface area contributed by atoms with E-state index in [1.54, 1.807) is 19.1 Å². The molecule has 0 radical (unpaired) electrons. The van der Waals surface area contributed by atoms with Gasteiger partial charge in [-0.15, -0.1) is 0 Å². The van der Waals surface area contributed by atoms with Crippen LogP contribution >= 0.6 is 0 Å². The molecule has 4 heteroatoms. The molecule has 1 atom stereocenters. The highest BCUT2D eigenvalue weighted by molar-refractivity contribution is 5.81. The molecular formula is C15H24N2O2. The third-order valence-electron chi connectivity index (χ3n) is 3.22. The predicted molar refractivity (Wildman–Crippen MR) is 77.0 cm³/mol. The summed E-state index contributed by atoms with van der Waals surface area (Å²) in [6.07, 6.45) is 0. The van der Waals surface area contributed by atoms with Gasteiger partial charge in [-0.1, -0.05) is 31.5 Å². The van der Waals surface area contributed by atoms with Crippen molar-refractivity contribution in [2.24, 2.45) is 11.7 Å². The van der Waals surface area contributed by atoms with Gasteiger partial charge in [0.15, 0.2) is 0 Å². The third kappa shape index (κ3) is 3.96. The molecule has 4 nitrogen and oxygen atoms in total. The standard InChI is InChI=1S/C15H24N2O2/c1-10(2)14(16)15(18)17(4)9-12-8-11(3)6-7-13(12)19-5/h6-8,10,14H,9,16H2,1-5H3/t14-/m0/s1. The minimum atomic E-state index is -0.458. The number of amides is 1. The first kappa shape index (κ1) is 15.5. The van der Waals surface area contributed by atoms with Crippen molar-refractivity contribution in [3.8, 4) is 5.75 Å². The number of nitrogens with two attached hydrogens (primary N) is 1. The van der Waals surface area contributed by atoms with E-state index in [9.17, 15) is 4.79 Å². The Morgan fingerprint density at radius 1 is 1.42 bits per heavy atom. The normalized spacial score (nSPS) is 12.4. The Morgan fingerprint density at radius 3 is 2.58 bits per heavy atom. The summed E-state index contributed by atoms with van der Waals surface area (Å²) in [5.41, 5.74) is 8.03. The lowest BCUT2D eigenvalue weighted by molar-refractivity contribution is -0.132. The SMILES string of the molecule is COc1ccc(C)cc1CN(C)C(=O)[C@@H](N)C(C)C. The van der Waals surface area contributed by atoms with Gasteiger partial charge in [0, 0.05) is 19.2 Å². The van der Waals surface area contributed by atoms with Crippen LogP contribution in [-0.2, 0) is 11.3 Å². The summed E-state index contributed by atoms with van der Waals surface area (Å²) in [5.74, 6) is 0.885. The minimum absolute atomic E-state index is 0.0430. The molecule has 1 amide bonds. The zero-order valence-electron chi connectivity index (χ0n) is 12.4. The molecule has 1 aromatic carbocycles. The number of ether oxygens (including phenoxy) is 1. The smallest absolute Gasteiger partial charge is 0.239 e. The molecule has 0 spiro atoms. The quantitative estimate of drug-likeness (QED) is 0.884. The van der Waals surface area contributed by atoms with Crippen molar-refractivity contribution in [3.63, 3.8) is 0 Å². The summed E-state index contributed by atoms with van der Waals surface area (Å²) >= 11 is 0. The van der Waals surface area contributed by atoms with Gasteiger partial charge in [0.25, 0.3) is 0 Å². The van der Waals surface area contributed by atoms with Crippen LogP contribution in [-0.4, -0.2) is 31.0 Å². The van der Waals surface area contributed by atoms with Gasteiger partial charge < -0.3 is 15.4 Å². The molecule has 0 aliphatic rings. The number of hydrogen-bond donors (Lipinski definition) is 1. The number of carbonyl (C=O) groups is 1. The van der Waals surface area contributed by atoms with Crippen molar-refractivity contribution in [3.05, 3.63) is 29.3 Å². The van der Waals surface area contributed by atoms with Gasteiger partial charge in [-0.2, -0.15) is 0 Å². The summed E-state index contributed by atoms with van der Waals surface area (Å²) in [4.78, 5) is 13.8. The second-order valence-corrected chi connectivity index (χ2v) is 5.28. The number of rotatable bonds is 5. The Bertz CT molecular complexity index is 444. The summed E-state index contributed by atoms with van der Waals surface area (Å²) in [7, 11) is 3.40. The summed E-state index contributed by atoms with van der Waals surface area (Å²) in [6.45, 7) is 6.42. The first-order valence-electron chi connectivity index (χ1n) is 6.51. The first-order valence-corrected chi connectivity index (χ1v) is 6.51. The number of likely N-dealkylation sites (N-methyl/N-ethyl adjacent to an activating group) is 1. The molecule has 0 bridgehead atoms. The number of carbonyl (C=O) groups excluding carboxylic acids is 1. The van der Waals surface area contributed by atoms with Crippen molar-refractivity contribution in [1.29, 1.82) is 0 Å². The molecule has 0 aliphatic carbocycles. The zero-order valence-corrected chi connectivity index (χ0v) is 12.4. The van der Waals surface area contributed by atoms with E-state index in [0.717, 1.165) is 16.9 Å². The lowest BCUT2D eigenvalue weighted by Crippen LogP contribution is -2.44. The van der Waals surface area contributed by atoms with E-state index >= 15 is 0 Å². The largest absolute Gasteiger partial charge is 0.496 e. The molecule has 0 saturated heterocycles. The van der Waals surface area contributed by atoms with Crippen molar-refractivity contribution in [2.75, 3.05) is 14.2 Å². The highest BCUT2D eigenvalue weighted by atomic mass is 16.5. The molecule has 2 N–H and O–H groups in total. The van der Waals surface area contributed by atoms with E-state index in [1.165, 1.54) is 0 Å². The lowest BCUT2D eigenvalue weighted by Gasteiger charge is -2.24. The number of benzene rings is 1. The van der Waals surface area contributed by atoms with E-state index < -0.39 is 6.04 Å². The highest BCUT2D eigenvalue weighted by Crippen LogP contribution is 2.21. The zero-order chi connectivity index (χ0) is 14.6. The van der Waals surface area contributed by atoms with Gasteiger partial charge in [0.05, 0.1) is 13.2 Å². The van der Waals surface area contributed by atoms with Crippen molar-refractivity contribution in [1.82, 2.24) is 4.90 Å². The van der Waals surface area contributed by atoms with E-state index in [1.807, 2.05) is 39.0 Å². The van der Waals surface area contributed by atoms with Crippen LogP contribution in [0, 0.1) is 12.8 Å². The number of hydrogen-bond acceptors (Lipinski definition) is 3. The van der Waals surface area contributed by atoms with Crippen LogP contribution < -0.4 is 10.5 Å². The summed E-state index contributed by atoms with van der Waals surface area (Å²) in [6, 6.07) is 5.49. The Labute approximate surface area is 115 Å². The number of aryl methyl sites for hydroxylation is 1. The first-order chi connectivity index (χ1) is 8.86. The van der Waals surface area contributed by atoms with Gasteiger partial charge in [-0.05, 0) is 18.9 Å². The highest BCUT2D eigenvalue weighted by Gasteiger charge is 2.21. The second kappa shape index (κ2) is 6.57. The Balaban J connectivity index is 2.84. The molecule has 0 unspecified atom stereocenters. The van der Waals surface area contributed by atoms with Crippen LogP contribution in [0.4, 0.5) is 0 Å². The maximum absolute atomic E-state index is 12.1. The fraction of sp³-hybridized carbons (Fsp3) is 0.533. The van der Waals surface area contributed by atoms with Gasteiger partial charge >= 0.3 is 0 Å². The van der Waals surface area contributed by atoms with E-state index in [4.69, 9.17) is 10.5 Å². The predicted octanol–water partition coefficient (Wildman–Crippen LogP) is 1.95. The minimum Gasteiger partial charge on any atom is -0.496 e. The molecule has 0 heterocycles. The molecule has 0 saturated carbocycles. The van der Waals surface area contributed by atoms with Crippen LogP contribution in [0.15, 0.2) is 18.2 Å². The molecule has 1 rings (SSSR count). The fourth-order valence-electron chi connectivity index (χ4n) is 1.90. The molecule has 19 heavy (non-hydrogen) atoms. The third-order valence-corrected chi connectivity index (χ3v) is 3.22. The fourth-order valence-corrected chi connectivity index (χ4v) is 1.90. The topological polar surface area (TPSA) is 55.6 Å². The van der Waals surface area contributed by atoms with Crippen LogP contribution in [0.1, 0.15) is 25.0 Å². The Morgan fingerprint density at radius 2 is 2.05 bits per heavy atom. The van der Waals surface area contributed by atoms with Crippen molar-refractivity contribution < 1.29 is 9.53 Å².